The van der Waals surface area contributed by atoms with Crippen LogP contribution in [0.4, 0.5) is 6.01 Å². The second-order valence-corrected chi connectivity index (χ2v) is 5.81. The second-order valence-electron chi connectivity index (χ2n) is 5.81. The highest BCUT2D eigenvalue weighted by molar-refractivity contribution is 6.03. The van der Waals surface area contributed by atoms with Crippen LogP contribution in [-0.4, -0.2) is 25.5 Å². The van der Waals surface area contributed by atoms with E-state index in [9.17, 15) is 9.59 Å². The average molecular weight is 349 g/mol. The molecule has 0 spiro atoms. The van der Waals surface area contributed by atoms with E-state index >= 15 is 0 Å². The van der Waals surface area contributed by atoms with Crippen LogP contribution in [0.5, 0.6) is 0 Å². The molecule has 1 amide bonds. The lowest BCUT2D eigenvalue weighted by molar-refractivity contribution is 0.102. The molecule has 1 aromatic carbocycles. The molecule has 0 saturated carbocycles. The van der Waals surface area contributed by atoms with E-state index in [2.05, 4.69) is 20.4 Å². The van der Waals surface area contributed by atoms with Gasteiger partial charge in [-0.3, -0.25) is 20.0 Å². The van der Waals surface area contributed by atoms with E-state index in [1.165, 1.54) is 17.0 Å². The van der Waals surface area contributed by atoms with E-state index in [0.717, 1.165) is 16.8 Å². The summed E-state index contributed by atoms with van der Waals surface area (Å²) in [6.45, 7) is 3.49. The first-order valence-electron chi connectivity index (χ1n) is 7.94. The number of hydrogen-bond acceptors (Lipinski definition) is 5. The number of rotatable bonds is 3. The molecule has 4 aromatic rings. The first-order valence-corrected chi connectivity index (χ1v) is 7.94. The lowest BCUT2D eigenvalue weighted by atomic mass is 10.1. The third-order valence-electron chi connectivity index (χ3n) is 4.08. The van der Waals surface area contributed by atoms with Crippen LogP contribution < -0.4 is 10.9 Å². The average Bonchev–Trinajstić information content (AvgIpc) is 3.23. The molecule has 0 aliphatic rings. The van der Waals surface area contributed by atoms with Gasteiger partial charge >= 0.3 is 6.01 Å². The normalized spacial score (nSPS) is 11.0. The number of nitrogens with one attached hydrogen (secondary N) is 2. The number of hydrogen-bond donors (Lipinski definition) is 2. The molecule has 0 unspecified atom stereocenters. The Morgan fingerprint density at radius 1 is 1.23 bits per heavy atom. The van der Waals surface area contributed by atoms with E-state index in [0.29, 0.717) is 11.3 Å². The highest BCUT2D eigenvalue weighted by atomic mass is 16.4. The molecular formula is C18H15N5O3. The van der Waals surface area contributed by atoms with Gasteiger partial charge < -0.3 is 4.42 Å². The Balaban J connectivity index is 1.88. The number of nitrogens with zero attached hydrogens (tertiary/aromatic N) is 3. The topological polar surface area (TPSA) is 105 Å². The minimum Gasteiger partial charge on any atom is -0.432 e. The summed E-state index contributed by atoms with van der Waals surface area (Å²) < 4.78 is 6.28. The quantitative estimate of drug-likeness (QED) is 0.591. The molecule has 2 N–H and O–H groups in total. The first-order chi connectivity index (χ1) is 12.6. The smallest absolute Gasteiger partial charge is 0.301 e. The minimum atomic E-state index is -0.620. The van der Waals surface area contributed by atoms with Crippen molar-refractivity contribution in [1.82, 2.24) is 19.6 Å². The number of aromatic nitrogens is 4. The summed E-state index contributed by atoms with van der Waals surface area (Å²) >= 11 is 0. The maximum atomic E-state index is 12.9. The number of aromatic amines is 1. The number of aryl methyl sites for hydroxylation is 2. The van der Waals surface area contributed by atoms with Gasteiger partial charge in [0.1, 0.15) is 11.8 Å². The van der Waals surface area contributed by atoms with E-state index < -0.39 is 11.5 Å². The Morgan fingerprint density at radius 2 is 2.00 bits per heavy atom. The summed E-state index contributed by atoms with van der Waals surface area (Å²) in [7, 11) is 0. The Hall–Kier alpha value is -3.68. The summed E-state index contributed by atoms with van der Waals surface area (Å²) in [6, 6.07) is 9.67. The third kappa shape index (κ3) is 2.48. The first kappa shape index (κ1) is 15.8. The molecule has 0 bridgehead atoms. The van der Waals surface area contributed by atoms with Gasteiger partial charge in [-0.1, -0.05) is 30.3 Å². The molecule has 4 rings (SSSR count). The summed E-state index contributed by atoms with van der Waals surface area (Å²) in [5.74, 6) is -0.620. The number of carbonyl (C=O) groups is 1. The largest absolute Gasteiger partial charge is 0.432 e. The highest BCUT2D eigenvalue weighted by Crippen LogP contribution is 2.26. The Labute approximate surface area is 147 Å². The van der Waals surface area contributed by atoms with Crippen molar-refractivity contribution in [2.24, 2.45) is 0 Å². The van der Waals surface area contributed by atoms with Crippen LogP contribution in [0.2, 0.25) is 0 Å². The van der Waals surface area contributed by atoms with Gasteiger partial charge in [-0.15, -0.1) is 0 Å². The molecule has 0 atom stereocenters. The van der Waals surface area contributed by atoms with E-state index in [4.69, 9.17) is 4.42 Å². The van der Waals surface area contributed by atoms with Crippen molar-refractivity contribution in [3.63, 3.8) is 0 Å². The lowest BCUT2D eigenvalue weighted by Crippen LogP contribution is -2.29. The maximum absolute atomic E-state index is 12.9. The van der Waals surface area contributed by atoms with Crippen molar-refractivity contribution in [3.05, 3.63) is 70.1 Å². The number of H-pyrrole nitrogens is 1. The van der Waals surface area contributed by atoms with Gasteiger partial charge in [0, 0.05) is 11.3 Å². The molecule has 0 aliphatic heterocycles. The number of fused-ring (bicyclic) bond motifs is 1. The zero-order chi connectivity index (χ0) is 18.3. The predicted molar refractivity (Wildman–Crippen MR) is 95.2 cm³/mol. The molecule has 26 heavy (non-hydrogen) atoms. The van der Waals surface area contributed by atoms with Crippen LogP contribution in [0.1, 0.15) is 21.7 Å². The minimum absolute atomic E-state index is 0.0199. The van der Waals surface area contributed by atoms with Crippen molar-refractivity contribution in [2.45, 2.75) is 13.8 Å². The van der Waals surface area contributed by atoms with E-state index in [1.807, 2.05) is 37.3 Å². The van der Waals surface area contributed by atoms with Crippen LogP contribution in [0.25, 0.3) is 16.8 Å². The summed E-state index contributed by atoms with van der Waals surface area (Å²) in [4.78, 5) is 33.7. The molecule has 130 valence electrons. The Kier molecular flexibility index (Phi) is 3.65. The standard InChI is InChI=1S/C18H15N5O3/c1-10-14(16(24)21-18-19-8-9-26-18)17(25)23-15(20-10)13(11(2)22-23)12-6-4-3-5-7-12/h3-9,22H,1-2H3,(H,19,21,24). The molecule has 3 heterocycles. The van der Waals surface area contributed by atoms with Gasteiger partial charge in [0.15, 0.2) is 5.65 Å². The summed E-state index contributed by atoms with van der Waals surface area (Å²) in [5.41, 5.74) is 2.80. The van der Waals surface area contributed by atoms with Gasteiger partial charge in [0.2, 0.25) is 0 Å². The van der Waals surface area contributed by atoms with Crippen molar-refractivity contribution in [3.8, 4) is 11.1 Å². The van der Waals surface area contributed by atoms with Gasteiger partial charge in [-0.25, -0.2) is 14.5 Å². The SMILES string of the molecule is Cc1nc2c(-c3ccccc3)c(C)[nH]n2c(=O)c1C(=O)Nc1ncco1. The number of oxazole rings is 1. The van der Waals surface area contributed by atoms with Crippen molar-refractivity contribution in [1.29, 1.82) is 0 Å². The van der Waals surface area contributed by atoms with Gasteiger partial charge in [-0.05, 0) is 19.4 Å². The summed E-state index contributed by atoms with van der Waals surface area (Å²) in [6.07, 6.45) is 2.73. The van der Waals surface area contributed by atoms with Gasteiger partial charge in [-0.2, -0.15) is 0 Å². The fourth-order valence-electron chi connectivity index (χ4n) is 2.95. The summed E-state index contributed by atoms with van der Waals surface area (Å²) in [5, 5.41) is 5.45. The molecule has 8 nitrogen and oxygen atoms in total. The predicted octanol–water partition coefficient (Wildman–Crippen LogP) is 2.55. The van der Waals surface area contributed by atoms with Crippen molar-refractivity contribution >= 4 is 17.6 Å². The van der Waals surface area contributed by atoms with Gasteiger partial charge in [0.25, 0.3) is 11.5 Å². The van der Waals surface area contributed by atoms with Crippen LogP contribution >= 0.6 is 0 Å². The monoisotopic (exact) mass is 349 g/mol. The number of benzene rings is 1. The number of amides is 1. The van der Waals surface area contributed by atoms with Crippen LogP contribution in [0, 0.1) is 13.8 Å². The van der Waals surface area contributed by atoms with E-state index in [-0.39, 0.29) is 11.6 Å². The molecule has 0 radical (unpaired) electrons. The molecular weight excluding hydrogens is 334 g/mol. The van der Waals surface area contributed by atoms with Gasteiger partial charge in [0.05, 0.1) is 11.9 Å². The lowest BCUT2D eigenvalue weighted by Gasteiger charge is -2.06. The van der Waals surface area contributed by atoms with E-state index in [1.54, 1.807) is 6.92 Å². The number of anilines is 1. The zero-order valence-corrected chi connectivity index (χ0v) is 14.1. The van der Waals surface area contributed by atoms with Crippen LogP contribution in [-0.2, 0) is 0 Å². The number of carbonyl (C=O) groups excluding carboxylic acids is 1. The fraction of sp³-hybridized carbons (Fsp3) is 0.111. The molecule has 8 heteroatoms. The zero-order valence-electron chi connectivity index (χ0n) is 14.1. The molecule has 0 fully saturated rings. The third-order valence-corrected chi connectivity index (χ3v) is 4.08. The molecule has 0 saturated heterocycles. The Bertz CT molecular complexity index is 1160. The fourth-order valence-corrected chi connectivity index (χ4v) is 2.95. The highest BCUT2D eigenvalue weighted by Gasteiger charge is 2.22. The van der Waals surface area contributed by atoms with Crippen molar-refractivity contribution < 1.29 is 9.21 Å². The molecule has 3 aromatic heterocycles. The van der Waals surface area contributed by atoms with Crippen molar-refractivity contribution in [2.75, 3.05) is 5.32 Å². The second kappa shape index (κ2) is 5.99. The maximum Gasteiger partial charge on any atom is 0.301 e. The Morgan fingerprint density at radius 3 is 2.69 bits per heavy atom. The molecule has 0 aliphatic carbocycles. The van der Waals surface area contributed by atoms with Crippen LogP contribution in [0.3, 0.4) is 0 Å². The van der Waals surface area contributed by atoms with Crippen LogP contribution in [0.15, 0.2) is 52.0 Å².